The van der Waals surface area contributed by atoms with Crippen LogP contribution >= 0.6 is 0 Å². The second-order valence-electron chi connectivity index (χ2n) is 18.0. The summed E-state index contributed by atoms with van der Waals surface area (Å²) >= 11 is 0. The first-order chi connectivity index (χ1) is 28.3. The smallest absolute Gasteiger partial charge is 0.220 e. The Hall–Kier alpha value is -0.810. The van der Waals surface area contributed by atoms with Gasteiger partial charge in [-0.1, -0.05) is 232 Å². The lowest BCUT2D eigenvalue weighted by Crippen LogP contribution is -2.60. The summed E-state index contributed by atoms with van der Waals surface area (Å²) in [4.78, 5) is 12.7. The van der Waals surface area contributed by atoms with E-state index in [4.69, 9.17) is 9.47 Å². The van der Waals surface area contributed by atoms with Crippen LogP contribution in [-0.2, 0) is 14.3 Å². The van der Waals surface area contributed by atoms with Crippen LogP contribution in [0.4, 0.5) is 0 Å². The minimum Gasteiger partial charge on any atom is -0.394 e. The number of ether oxygens (including phenoxy) is 2. The van der Waals surface area contributed by atoms with Gasteiger partial charge in [0.2, 0.25) is 5.91 Å². The normalized spacial score (nSPS) is 20.7. The third-order valence-corrected chi connectivity index (χ3v) is 12.5. The van der Waals surface area contributed by atoms with Crippen LogP contribution < -0.4 is 5.32 Å². The molecule has 0 aromatic heterocycles. The number of amides is 1. The van der Waals surface area contributed by atoms with Gasteiger partial charge in [-0.05, 0) is 12.8 Å². The van der Waals surface area contributed by atoms with E-state index in [0.717, 1.165) is 51.4 Å². The lowest BCUT2D eigenvalue weighted by atomic mass is 9.99. The van der Waals surface area contributed by atoms with E-state index < -0.39 is 49.5 Å². The summed E-state index contributed by atoms with van der Waals surface area (Å²) in [5.74, 6) is -0.154. The van der Waals surface area contributed by atoms with E-state index in [1.807, 2.05) is 0 Å². The standard InChI is InChI=1S/C49H97NO8/c1-3-5-7-9-10-11-12-13-14-15-16-17-18-19-20-21-22-23-24-25-26-27-28-29-30-31-32-33-35-36-38-43(52)42(50-45(53)39-37-34-8-6-4-2)41-57-49-48(56)47(55)46(54)44(40-51)58-49/h42-44,46-49,51-52,54-56H,3-41H2,1-2H3,(H,50,53). The number of carbonyl (C=O) groups is 1. The fourth-order valence-corrected chi connectivity index (χ4v) is 8.40. The number of unbranched alkanes of at least 4 members (excludes halogenated alkanes) is 33. The van der Waals surface area contributed by atoms with Gasteiger partial charge in [0.25, 0.3) is 0 Å². The molecule has 58 heavy (non-hydrogen) atoms. The Morgan fingerprint density at radius 3 is 1.22 bits per heavy atom. The molecular weight excluding hydrogens is 731 g/mol. The highest BCUT2D eigenvalue weighted by atomic mass is 16.7. The molecule has 0 radical (unpaired) electrons. The zero-order chi connectivity index (χ0) is 42.3. The number of aliphatic hydroxyl groups excluding tert-OH is 5. The number of hydrogen-bond donors (Lipinski definition) is 6. The molecule has 0 aromatic rings. The third-order valence-electron chi connectivity index (χ3n) is 12.5. The van der Waals surface area contributed by atoms with Gasteiger partial charge in [-0.2, -0.15) is 0 Å². The average molecular weight is 828 g/mol. The van der Waals surface area contributed by atoms with E-state index in [9.17, 15) is 30.3 Å². The first-order valence-electron chi connectivity index (χ1n) is 25.2. The van der Waals surface area contributed by atoms with Crippen molar-refractivity contribution in [2.24, 2.45) is 0 Å². The second-order valence-corrected chi connectivity index (χ2v) is 18.0. The number of hydrogen-bond acceptors (Lipinski definition) is 8. The van der Waals surface area contributed by atoms with Gasteiger partial charge in [0.1, 0.15) is 24.4 Å². The molecule has 1 fully saturated rings. The van der Waals surface area contributed by atoms with Crippen molar-refractivity contribution in [1.29, 1.82) is 0 Å². The molecule has 0 aromatic carbocycles. The van der Waals surface area contributed by atoms with Crippen LogP contribution in [0.25, 0.3) is 0 Å². The topological polar surface area (TPSA) is 149 Å². The molecule has 1 rings (SSSR count). The Balaban J connectivity index is 2.03. The molecular formula is C49H97NO8. The van der Waals surface area contributed by atoms with E-state index in [0.29, 0.717) is 12.8 Å². The SMILES string of the molecule is CCCCCCCCCCCCCCCCCCCCCCCCCCCCCCCCC(O)C(COC1OC(CO)C(O)C(O)C1O)NC(=O)CCCCCCC. The van der Waals surface area contributed by atoms with Crippen molar-refractivity contribution in [2.75, 3.05) is 13.2 Å². The van der Waals surface area contributed by atoms with Crippen LogP contribution in [0.2, 0.25) is 0 Å². The average Bonchev–Trinajstić information content (AvgIpc) is 3.22. The fraction of sp³-hybridized carbons (Fsp3) is 0.980. The second kappa shape index (κ2) is 40.3. The van der Waals surface area contributed by atoms with E-state index in [1.165, 1.54) is 173 Å². The summed E-state index contributed by atoms with van der Waals surface area (Å²) in [6.07, 6.45) is 39.1. The highest BCUT2D eigenvalue weighted by Gasteiger charge is 2.44. The molecule has 9 nitrogen and oxygen atoms in total. The van der Waals surface area contributed by atoms with Crippen molar-refractivity contribution in [2.45, 2.75) is 294 Å². The monoisotopic (exact) mass is 828 g/mol. The van der Waals surface area contributed by atoms with Crippen LogP contribution in [0.3, 0.4) is 0 Å². The predicted molar refractivity (Wildman–Crippen MR) is 240 cm³/mol. The van der Waals surface area contributed by atoms with Crippen molar-refractivity contribution in [3.8, 4) is 0 Å². The highest BCUT2D eigenvalue weighted by Crippen LogP contribution is 2.23. The minimum absolute atomic E-state index is 0.134. The summed E-state index contributed by atoms with van der Waals surface area (Å²) in [5, 5.41) is 54.1. The van der Waals surface area contributed by atoms with Crippen LogP contribution in [0.5, 0.6) is 0 Å². The molecule has 1 heterocycles. The van der Waals surface area contributed by atoms with Crippen molar-refractivity contribution in [3.05, 3.63) is 0 Å². The summed E-state index contributed by atoms with van der Waals surface area (Å²) < 4.78 is 11.2. The van der Waals surface area contributed by atoms with E-state index in [2.05, 4.69) is 19.2 Å². The lowest BCUT2D eigenvalue weighted by Gasteiger charge is -2.40. The molecule has 0 bridgehead atoms. The quantitative estimate of drug-likeness (QED) is 0.0333. The van der Waals surface area contributed by atoms with Gasteiger partial charge in [0, 0.05) is 6.42 Å². The van der Waals surface area contributed by atoms with Gasteiger partial charge in [-0.3, -0.25) is 4.79 Å². The molecule has 1 aliphatic heterocycles. The van der Waals surface area contributed by atoms with Gasteiger partial charge in [-0.25, -0.2) is 0 Å². The molecule has 0 spiro atoms. The van der Waals surface area contributed by atoms with Crippen LogP contribution in [0.1, 0.15) is 251 Å². The van der Waals surface area contributed by atoms with Gasteiger partial charge in [-0.15, -0.1) is 0 Å². The molecule has 9 heteroatoms. The molecule has 1 aliphatic rings. The Kier molecular flexibility index (Phi) is 38.3. The van der Waals surface area contributed by atoms with Crippen molar-refractivity contribution in [3.63, 3.8) is 0 Å². The maximum Gasteiger partial charge on any atom is 0.220 e. The lowest BCUT2D eigenvalue weighted by molar-refractivity contribution is -0.302. The van der Waals surface area contributed by atoms with Crippen LogP contribution in [0.15, 0.2) is 0 Å². The Morgan fingerprint density at radius 1 is 0.517 bits per heavy atom. The first-order valence-corrected chi connectivity index (χ1v) is 25.2. The van der Waals surface area contributed by atoms with Crippen molar-refractivity contribution in [1.82, 2.24) is 5.32 Å². The van der Waals surface area contributed by atoms with Crippen molar-refractivity contribution < 1.29 is 39.8 Å². The van der Waals surface area contributed by atoms with Gasteiger partial charge in [0.15, 0.2) is 6.29 Å². The largest absolute Gasteiger partial charge is 0.394 e. The molecule has 1 amide bonds. The summed E-state index contributed by atoms with van der Waals surface area (Å²) in [6.45, 7) is 3.76. The molecule has 0 aliphatic carbocycles. The van der Waals surface area contributed by atoms with Gasteiger partial charge >= 0.3 is 0 Å². The molecule has 7 atom stereocenters. The number of aliphatic hydroxyl groups is 5. The number of nitrogens with one attached hydrogen (secondary N) is 1. The highest BCUT2D eigenvalue weighted by molar-refractivity contribution is 5.76. The Labute approximate surface area is 357 Å². The Bertz CT molecular complexity index is 878. The molecule has 346 valence electrons. The molecule has 7 unspecified atom stereocenters. The van der Waals surface area contributed by atoms with Crippen molar-refractivity contribution >= 4 is 5.91 Å². The minimum atomic E-state index is -1.55. The van der Waals surface area contributed by atoms with E-state index in [-0.39, 0.29) is 12.5 Å². The molecule has 6 N–H and O–H groups in total. The fourth-order valence-electron chi connectivity index (χ4n) is 8.40. The summed E-state index contributed by atoms with van der Waals surface area (Å²) in [5.41, 5.74) is 0. The predicted octanol–water partition coefficient (Wildman–Crippen LogP) is 11.1. The van der Waals surface area contributed by atoms with Crippen LogP contribution in [0, 0.1) is 0 Å². The molecule has 1 saturated heterocycles. The summed E-state index contributed by atoms with van der Waals surface area (Å²) in [7, 11) is 0. The van der Waals surface area contributed by atoms with Gasteiger partial charge in [0.05, 0.1) is 25.4 Å². The van der Waals surface area contributed by atoms with E-state index >= 15 is 0 Å². The Morgan fingerprint density at radius 2 is 0.862 bits per heavy atom. The van der Waals surface area contributed by atoms with E-state index in [1.54, 1.807) is 0 Å². The maximum absolute atomic E-state index is 12.7. The zero-order valence-corrected chi connectivity index (χ0v) is 38.1. The van der Waals surface area contributed by atoms with Crippen LogP contribution in [-0.4, -0.2) is 87.5 Å². The number of rotatable bonds is 43. The number of carbonyl (C=O) groups excluding carboxylic acids is 1. The molecule has 0 saturated carbocycles. The third kappa shape index (κ3) is 30.3. The maximum atomic E-state index is 12.7. The summed E-state index contributed by atoms with van der Waals surface area (Å²) in [6, 6.07) is -0.709. The van der Waals surface area contributed by atoms with Gasteiger partial charge < -0.3 is 40.3 Å². The first kappa shape index (κ1) is 55.2. The zero-order valence-electron chi connectivity index (χ0n) is 38.1.